The first-order valence-corrected chi connectivity index (χ1v) is 5.65. The summed E-state index contributed by atoms with van der Waals surface area (Å²) in [6.45, 7) is 0. The van der Waals surface area contributed by atoms with Crippen molar-refractivity contribution in [2.24, 2.45) is 0 Å². The minimum atomic E-state index is -0.931. The lowest BCUT2D eigenvalue weighted by Gasteiger charge is -2.08. The van der Waals surface area contributed by atoms with Crippen molar-refractivity contribution >= 4 is 5.97 Å². The molecule has 0 saturated heterocycles. The van der Waals surface area contributed by atoms with Gasteiger partial charge in [0.15, 0.2) is 0 Å². The SMILES string of the molecule is COc1ccc(Cc2ccccc2)c(C(=O)O)c1. The Morgan fingerprint density at radius 1 is 1.17 bits per heavy atom. The molecule has 1 N–H and O–H groups in total. The second-order valence-electron chi connectivity index (χ2n) is 3.99. The number of methoxy groups -OCH3 is 1. The molecule has 0 aliphatic carbocycles. The third kappa shape index (κ3) is 2.69. The Morgan fingerprint density at radius 2 is 1.89 bits per heavy atom. The maximum absolute atomic E-state index is 11.2. The van der Waals surface area contributed by atoms with Crippen molar-refractivity contribution in [3.05, 3.63) is 65.2 Å². The van der Waals surface area contributed by atoms with E-state index < -0.39 is 5.97 Å². The summed E-state index contributed by atoms with van der Waals surface area (Å²) < 4.78 is 5.05. The fourth-order valence-electron chi connectivity index (χ4n) is 1.85. The fourth-order valence-corrected chi connectivity index (χ4v) is 1.85. The van der Waals surface area contributed by atoms with Gasteiger partial charge in [-0.3, -0.25) is 0 Å². The molecule has 2 aromatic carbocycles. The van der Waals surface area contributed by atoms with Gasteiger partial charge in [0, 0.05) is 0 Å². The number of carboxylic acids is 1. The molecular weight excluding hydrogens is 228 g/mol. The van der Waals surface area contributed by atoms with Gasteiger partial charge in [-0.05, 0) is 29.7 Å². The summed E-state index contributed by atoms with van der Waals surface area (Å²) >= 11 is 0. The van der Waals surface area contributed by atoms with Crippen LogP contribution in [-0.2, 0) is 6.42 Å². The molecule has 2 aromatic rings. The van der Waals surface area contributed by atoms with E-state index in [9.17, 15) is 9.90 Å². The first-order chi connectivity index (χ1) is 8.70. The minimum Gasteiger partial charge on any atom is -0.497 e. The van der Waals surface area contributed by atoms with Crippen LogP contribution in [0.5, 0.6) is 5.75 Å². The number of carbonyl (C=O) groups is 1. The lowest BCUT2D eigenvalue weighted by molar-refractivity contribution is 0.0695. The minimum absolute atomic E-state index is 0.290. The summed E-state index contributed by atoms with van der Waals surface area (Å²) in [5.74, 6) is -0.371. The molecule has 0 fully saturated rings. The standard InChI is InChI=1S/C15H14O3/c1-18-13-8-7-12(14(10-13)15(16)17)9-11-5-3-2-4-6-11/h2-8,10H,9H2,1H3,(H,16,17). The number of carboxylic acid groups (broad SMARTS) is 1. The Bertz CT molecular complexity index is 547. The van der Waals surface area contributed by atoms with Crippen LogP contribution in [0, 0.1) is 0 Å². The van der Waals surface area contributed by atoms with E-state index in [4.69, 9.17) is 4.74 Å². The van der Waals surface area contributed by atoms with Gasteiger partial charge in [-0.15, -0.1) is 0 Å². The van der Waals surface area contributed by atoms with Crippen molar-refractivity contribution in [3.63, 3.8) is 0 Å². The van der Waals surface area contributed by atoms with Crippen LogP contribution in [0.3, 0.4) is 0 Å². The van der Waals surface area contributed by atoms with E-state index >= 15 is 0 Å². The molecule has 0 spiro atoms. The molecule has 0 radical (unpaired) electrons. The van der Waals surface area contributed by atoms with Crippen LogP contribution in [0.4, 0.5) is 0 Å². The molecule has 0 aromatic heterocycles. The first-order valence-electron chi connectivity index (χ1n) is 5.65. The maximum atomic E-state index is 11.2. The highest BCUT2D eigenvalue weighted by atomic mass is 16.5. The van der Waals surface area contributed by atoms with E-state index in [0.29, 0.717) is 17.7 Å². The highest BCUT2D eigenvalue weighted by Crippen LogP contribution is 2.20. The van der Waals surface area contributed by atoms with E-state index in [1.165, 1.54) is 7.11 Å². The van der Waals surface area contributed by atoms with Gasteiger partial charge >= 0.3 is 5.97 Å². The lowest BCUT2D eigenvalue weighted by Crippen LogP contribution is -2.03. The zero-order chi connectivity index (χ0) is 13.0. The van der Waals surface area contributed by atoms with Gasteiger partial charge in [0.1, 0.15) is 5.75 Å². The molecule has 0 unspecified atom stereocenters. The summed E-state index contributed by atoms with van der Waals surface area (Å²) in [4.78, 5) is 11.2. The molecule has 0 saturated carbocycles. The maximum Gasteiger partial charge on any atom is 0.336 e. The van der Waals surface area contributed by atoms with E-state index in [-0.39, 0.29) is 0 Å². The lowest BCUT2D eigenvalue weighted by atomic mass is 9.99. The number of hydrogen-bond donors (Lipinski definition) is 1. The Morgan fingerprint density at radius 3 is 2.50 bits per heavy atom. The van der Waals surface area contributed by atoms with Gasteiger partial charge in [0.05, 0.1) is 12.7 Å². The van der Waals surface area contributed by atoms with E-state index in [2.05, 4.69) is 0 Å². The topological polar surface area (TPSA) is 46.5 Å². The largest absolute Gasteiger partial charge is 0.497 e. The smallest absolute Gasteiger partial charge is 0.336 e. The van der Waals surface area contributed by atoms with E-state index in [0.717, 1.165) is 11.1 Å². The van der Waals surface area contributed by atoms with E-state index in [1.807, 2.05) is 30.3 Å². The second kappa shape index (κ2) is 5.36. The summed E-state index contributed by atoms with van der Waals surface area (Å²) in [6, 6.07) is 14.9. The number of aromatic carboxylic acids is 1. The Balaban J connectivity index is 2.35. The van der Waals surface area contributed by atoms with Crippen LogP contribution < -0.4 is 4.74 Å². The van der Waals surface area contributed by atoms with Crippen LogP contribution in [0.15, 0.2) is 48.5 Å². The zero-order valence-corrected chi connectivity index (χ0v) is 10.1. The number of hydrogen-bond acceptors (Lipinski definition) is 2. The average molecular weight is 242 g/mol. The third-order valence-electron chi connectivity index (χ3n) is 2.78. The van der Waals surface area contributed by atoms with Crippen LogP contribution in [-0.4, -0.2) is 18.2 Å². The molecule has 3 heteroatoms. The third-order valence-corrected chi connectivity index (χ3v) is 2.78. The monoisotopic (exact) mass is 242 g/mol. The quantitative estimate of drug-likeness (QED) is 0.896. The van der Waals surface area contributed by atoms with E-state index in [1.54, 1.807) is 18.2 Å². The highest BCUT2D eigenvalue weighted by molar-refractivity contribution is 5.90. The van der Waals surface area contributed by atoms with Gasteiger partial charge in [-0.25, -0.2) is 4.79 Å². The Hall–Kier alpha value is -2.29. The van der Waals surface area contributed by atoms with Gasteiger partial charge in [0.2, 0.25) is 0 Å². The number of rotatable bonds is 4. The molecule has 3 nitrogen and oxygen atoms in total. The van der Waals surface area contributed by atoms with Gasteiger partial charge in [0.25, 0.3) is 0 Å². The van der Waals surface area contributed by atoms with Crippen molar-refractivity contribution < 1.29 is 14.6 Å². The molecule has 0 amide bonds. The van der Waals surface area contributed by atoms with Gasteiger partial charge < -0.3 is 9.84 Å². The molecule has 18 heavy (non-hydrogen) atoms. The summed E-state index contributed by atoms with van der Waals surface area (Å²) in [5, 5.41) is 9.21. The zero-order valence-electron chi connectivity index (χ0n) is 10.1. The van der Waals surface area contributed by atoms with Crippen molar-refractivity contribution in [1.29, 1.82) is 0 Å². The van der Waals surface area contributed by atoms with Crippen LogP contribution in [0.25, 0.3) is 0 Å². The number of benzene rings is 2. The summed E-state index contributed by atoms with van der Waals surface area (Å²) in [7, 11) is 1.53. The van der Waals surface area contributed by atoms with Gasteiger partial charge in [-0.1, -0.05) is 36.4 Å². The molecule has 92 valence electrons. The molecule has 2 rings (SSSR count). The van der Waals surface area contributed by atoms with Crippen LogP contribution in [0.1, 0.15) is 21.5 Å². The fraction of sp³-hybridized carbons (Fsp3) is 0.133. The molecule has 0 heterocycles. The van der Waals surface area contributed by atoms with Crippen molar-refractivity contribution in [1.82, 2.24) is 0 Å². The first kappa shape index (κ1) is 12.2. The van der Waals surface area contributed by atoms with Crippen LogP contribution in [0.2, 0.25) is 0 Å². The second-order valence-corrected chi connectivity index (χ2v) is 3.99. The van der Waals surface area contributed by atoms with Crippen LogP contribution >= 0.6 is 0 Å². The van der Waals surface area contributed by atoms with Crippen molar-refractivity contribution in [3.8, 4) is 5.75 Å². The molecule has 0 bridgehead atoms. The summed E-state index contributed by atoms with van der Waals surface area (Å²) in [5.41, 5.74) is 2.16. The molecular formula is C15H14O3. The van der Waals surface area contributed by atoms with Gasteiger partial charge in [-0.2, -0.15) is 0 Å². The molecule has 0 aliphatic heterocycles. The number of ether oxygens (including phenoxy) is 1. The molecule has 0 aliphatic rings. The predicted octanol–water partition coefficient (Wildman–Crippen LogP) is 2.98. The van der Waals surface area contributed by atoms with Crippen molar-refractivity contribution in [2.45, 2.75) is 6.42 Å². The Labute approximate surface area is 106 Å². The average Bonchev–Trinajstić information content (AvgIpc) is 2.40. The predicted molar refractivity (Wildman–Crippen MR) is 69.2 cm³/mol. The van der Waals surface area contributed by atoms with Crippen molar-refractivity contribution in [2.75, 3.05) is 7.11 Å². The molecule has 0 atom stereocenters. The normalized spacial score (nSPS) is 10.1. The Kier molecular flexibility index (Phi) is 3.63. The summed E-state index contributed by atoms with van der Waals surface area (Å²) in [6.07, 6.45) is 0.604. The highest BCUT2D eigenvalue weighted by Gasteiger charge is 2.11.